The van der Waals surface area contributed by atoms with E-state index in [9.17, 15) is 9.59 Å². The highest BCUT2D eigenvalue weighted by molar-refractivity contribution is 5.94. The van der Waals surface area contributed by atoms with Crippen LogP contribution in [-0.2, 0) is 4.79 Å². The molecule has 0 aliphatic rings. The number of carboxylic acid groups (broad SMARTS) is 1. The molecule has 6 heteroatoms. The summed E-state index contributed by atoms with van der Waals surface area (Å²) < 4.78 is 0. The molecule has 1 aromatic rings. The Labute approximate surface area is 99.1 Å². The van der Waals surface area contributed by atoms with Gasteiger partial charge in [-0.25, -0.2) is 9.78 Å². The zero-order valence-corrected chi connectivity index (χ0v) is 9.97. The average molecular weight is 237 g/mol. The van der Waals surface area contributed by atoms with Crippen LogP contribution in [0.1, 0.15) is 30.0 Å². The third kappa shape index (κ3) is 3.51. The predicted octanol–water partition coefficient (Wildman–Crippen LogP) is 0.624. The summed E-state index contributed by atoms with van der Waals surface area (Å²) in [6, 6.07) is -0.925. The maximum atomic E-state index is 11.7. The van der Waals surface area contributed by atoms with E-state index in [2.05, 4.69) is 15.3 Å². The number of amides is 1. The summed E-state index contributed by atoms with van der Waals surface area (Å²) in [5, 5.41) is 11.3. The van der Waals surface area contributed by atoms with Crippen molar-refractivity contribution >= 4 is 11.9 Å². The smallest absolute Gasteiger partial charge is 0.326 e. The number of nitrogens with one attached hydrogen (secondary N) is 1. The number of aliphatic carboxylic acids is 1. The minimum Gasteiger partial charge on any atom is -0.480 e. The van der Waals surface area contributed by atoms with Crippen LogP contribution < -0.4 is 5.32 Å². The molecule has 0 spiro atoms. The van der Waals surface area contributed by atoms with Gasteiger partial charge in [0.25, 0.3) is 5.91 Å². The number of carbonyl (C=O) groups is 2. The van der Waals surface area contributed by atoms with Crippen LogP contribution in [0.5, 0.6) is 0 Å². The SMILES string of the molecule is Cc1cnc(C(=O)NC(C(=O)O)C(C)C)cn1. The number of hydrogen-bond donors (Lipinski definition) is 2. The first kappa shape index (κ1) is 13.1. The van der Waals surface area contributed by atoms with E-state index in [1.165, 1.54) is 12.4 Å². The van der Waals surface area contributed by atoms with Gasteiger partial charge in [-0.15, -0.1) is 0 Å². The molecule has 1 aromatic heterocycles. The van der Waals surface area contributed by atoms with Crippen molar-refractivity contribution in [2.75, 3.05) is 0 Å². The van der Waals surface area contributed by atoms with Gasteiger partial charge in [0.15, 0.2) is 0 Å². The summed E-state index contributed by atoms with van der Waals surface area (Å²) in [6.45, 7) is 5.20. The second-order valence-electron chi connectivity index (χ2n) is 4.08. The summed E-state index contributed by atoms with van der Waals surface area (Å²) in [7, 11) is 0. The van der Waals surface area contributed by atoms with Crippen molar-refractivity contribution < 1.29 is 14.7 Å². The van der Waals surface area contributed by atoms with Crippen LogP contribution in [0, 0.1) is 12.8 Å². The highest BCUT2D eigenvalue weighted by atomic mass is 16.4. The molecule has 1 rings (SSSR count). The minimum atomic E-state index is -1.06. The van der Waals surface area contributed by atoms with Crippen LogP contribution in [0.2, 0.25) is 0 Å². The predicted molar refractivity (Wildman–Crippen MR) is 60.5 cm³/mol. The van der Waals surface area contributed by atoms with Crippen molar-refractivity contribution in [2.45, 2.75) is 26.8 Å². The number of carbonyl (C=O) groups excluding carboxylic acids is 1. The molecule has 0 aromatic carbocycles. The summed E-state index contributed by atoms with van der Waals surface area (Å²) >= 11 is 0. The molecule has 0 bridgehead atoms. The number of carboxylic acids is 1. The molecule has 1 atom stereocenters. The number of hydrogen-bond acceptors (Lipinski definition) is 4. The maximum absolute atomic E-state index is 11.7. The Morgan fingerprint density at radius 1 is 1.29 bits per heavy atom. The fraction of sp³-hybridized carbons (Fsp3) is 0.455. The van der Waals surface area contributed by atoms with Crippen LogP contribution in [0.4, 0.5) is 0 Å². The summed E-state index contributed by atoms with van der Waals surface area (Å²) in [6.07, 6.45) is 2.78. The third-order valence-electron chi connectivity index (χ3n) is 2.23. The van der Waals surface area contributed by atoms with Crippen molar-refractivity contribution in [3.63, 3.8) is 0 Å². The molecule has 0 saturated carbocycles. The Bertz CT molecular complexity index is 414. The lowest BCUT2D eigenvalue weighted by atomic mass is 10.0. The molecular weight excluding hydrogens is 222 g/mol. The standard InChI is InChI=1S/C11H15N3O3/c1-6(2)9(11(16)17)14-10(15)8-5-12-7(3)4-13-8/h4-6,9H,1-3H3,(H,14,15)(H,16,17). The molecule has 0 fully saturated rings. The monoisotopic (exact) mass is 237 g/mol. The highest BCUT2D eigenvalue weighted by Gasteiger charge is 2.24. The maximum Gasteiger partial charge on any atom is 0.326 e. The van der Waals surface area contributed by atoms with Crippen LogP contribution in [0.3, 0.4) is 0 Å². The molecule has 0 aliphatic heterocycles. The zero-order valence-electron chi connectivity index (χ0n) is 9.97. The summed E-state index contributed by atoms with van der Waals surface area (Å²) in [5.74, 6) is -1.79. The third-order valence-corrected chi connectivity index (χ3v) is 2.23. The second kappa shape index (κ2) is 5.38. The highest BCUT2D eigenvalue weighted by Crippen LogP contribution is 2.03. The number of aryl methyl sites for hydroxylation is 1. The van der Waals surface area contributed by atoms with E-state index in [-0.39, 0.29) is 11.6 Å². The molecule has 6 nitrogen and oxygen atoms in total. The fourth-order valence-corrected chi connectivity index (χ4v) is 1.24. The van der Waals surface area contributed by atoms with Crippen molar-refractivity contribution in [3.8, 4) is 0 Å². The number of nitrogens with zero attached hydrogens (tertiary/aromatic N) is 2. The lowest BCUT2D eigenvalue weighted by molar-refractivity contribution is -0.140. The lowest BCUT2D eigenvalue weighted by Gasteiger charge is -2.17. The molecule has 0 radical (unpaired) electrons. The van der Waals surface area contributed by atoms with Gasteiger partial charge in [0.1, 0.15) is 11.7 Å². The van der Waals surface area contributed by atoms with E-state index >= 15 is 0 Å². The van der Waals surface area contributed by atoms with Gasteiger partial charge in [-0.3, -0.25) is 9.78 Å². The van der Waals surface area contributed by atoms with E-state index < -0.39 is 17.9 Å². The zero-order chi connectivity index (χ0) is 13.0. The van der Waals surface area contributed by atoms with Crippen molar-refractivity contribution in [1.82, 2.24) is 15.3 Å². The molecule has 1 amide bonds. The van der Waals surface area contributed by atoms with Crippen LogP contribution in [0.25, 0.3) is 0 Å². The van der Waals surface area contributed by atoms with Gasteiger partial charge in [0.05, 0.1) is 11.9 Å². The summed E-state index contributed by atoms with van der Waals surface area (Å²) in [5.41, 5.74) is 0.808. The Hall–Kier alpha value is -1.98. The van der Waals surface area contributed by atoms with Crippen molar-refractivity contribution in [2.24, 2.45) is 5.92 Å². The van der Waals surface area contributed by atoms with Gasteiger partial charge in [-0.2, -0.15) is 0 Å². The van der Waals surface area contributed by atoms with Gasteiger partial charge in [-0.05, 0) is 12.8 Å². The molecule has 1 heterocycles. The molecule has 17 heavy (non-hydrogen) atoms. The van der Waals surface area contributed by atoms with E-state index in [1.807, 2.05) is 0 Å². The first-order chi connectivity index (χ1) is 7.91. The van der Waals surface area contributed by atoms with Crippen molar-refractivity contribution in [1.29, 1.82) is 0 Å². The quantitative estimate of drug-likeness (QED) is 0.801. The molecule has 92 valence electrons. The topological polar surface area (TPSA) is 92.2 Å². The Morgan fingerprint density at radius 2 is 1.94 bits per heavy atom. The fourth-order valence-electron chi connectivity index (χ4n) is 1.24. The molecule has 1 unspecified atom stereocenters. The van der Waals surface area contributed by atoms with E-state index in [1.54, 1.807) is 20.8 Å². The van der Waals surface area contributed by atoms with Crippen molar-refractivity contribution in [3.05, 3.63) is 23.8 Å². The molecular formula is C11H15N3O3. The summed E-state index contributed by atoms with van der Waals surface area (Å²) in [4.78, 5) is 30.4. The van der Waals surface area contributed by atoms with Gasteiger partial charge in [0, 0.05) is 6.20 Å². The number of rotatable bonds is 4. The van der Waals surface area contributed by atoms with E-state index in [4.69, 9.17) is 5.11 Å². The number of aromatic nitrogens is 2. The first-order valence-corrected chi connectivity index (χ1v) is 5.24. The van der Waals surface area contributed by atoms with Gasteiger partial charge < -0.3 is 10.4 Å². The van der Waals surface area contributed by atoms with Gasteiger partial charge in [-0.1, -0.05) is 13.8 Å². The largest absolute Gasteiger partial charge is 0.480 e. The molecule has 0 saturated heterocycles. The minimum absolute atomic E-state index is 0.113. The second-order valence-corrected chi connectivity index (χ2v) is 4.08. The van der Waals surface area contributed by atoms with Gasteiger partial charge >= 0.3 is 5.97 Å². The Balaban J connectivity index is 2.77. The first-order valence-electron chi connectivity index (χ1n) is 5.24. The lowest BCUT2D eigenvalue weighted by Crippen LogP contribution is -2.44. The molecule has 0 aliphatic carbocycles. The Morgan fingerprint density at radius 3 is 2.35 bits per heavy atom. The van der Waals surface area contributed by atoms with Crippen LogP contribution in [-0.4, -0.2) is 33.0 Å². The molecule has 2 N–H and O–H groups in total. The normalized spacial score (nSPS) is 12.2. The van der Waals surface area contributed by atoms with E-state index in [0.29, 0.717) is 5.69 Å². The van der Waals surface area contributed by atoms with E-state index in [0.717, 1.165) is 0 Å². The average Bonchev–Trinajstić information content (AvgIpc) is 2.25. The Kier molecular flexibility index (Phi) is 4.14. The van der Waals surface area contributed by atoms with Gasteiger partial charge in [0.2, 0.25) is 0 Å². The van der Waals surface area contributed by atoms with Crippen LogP contribution >= 0.6 is 0 Å². The van der Waals surface area contributed by atoms with Crippen LogP contribution in [0.15, 0.2) is 12.4 Å².